The molecular formula is C16H18Cl2N2O. The first kappa shape index (κ1) is 14.9. The van der Waals surface area contributed by atoms with Gasteiger partial charge in [0.2, 0.25) is 0 Å². The standard InChI is InChI=1S/C16H18Cl2N2O/c1-12-19-8-9-20(12)11-16(21,15(18)6-7-15)10-13-4-2-3-5-14(13)17/h2-5,8-9,21H,6-7,10-11H2,1H3. The summed E-state index contributed by atoms with van der Waals surface area (Å²) in [6.45, 7) is 2.34. The molecule has 1 saturated carbocycles. The normalized spacial score (nSPS) is 19.2. The van der Waals surface area contributed by atoms with Gasteiger partial charge in [-0.15, -0.1) is 11.6 Å². The molecule has 1 atom stereocenters. The molecule has 0 radical (unpaired) electrons. The fourth-order valence-electron chi connectivity index (χ4n) is 2.74. The van der Waals surface area contributed by atoms with Crippen molar-refractivity contribution in [3.05, 3.63) is 53.1 Å². The number of nitrogens with zero attached hydrogens (tertiary/aromatic N) is 2. The molecule has 1 N–H and O–H groups in total. The van der Waals surface area contributed by atoms with Crippen LogP contribution in [0.15, 0.2) is 36.7 Å². The second-order valence-electron chi connectivity index (χ2n) is 5.87. The van der Waals surface area contributed by atoms with Crippen LogP contribution in [0.1, 0.15) is 24.2 Å². The monoisotopic (exact) mass is 324 g/mol. The summed E-state index contributed by atoms with van der Waals surface area (Å²) in [5.74, 6) is 0.869. The summed E-state index contributed by atoms with van der Waals surface area (Å²) < 4.78 is 1.94. The molecule has 1 aliphatic rings. The van der Waals surface area contributed by atoms with Crippen LogP contribution in [0.25, 0.3) is 0 Å². The zero-order chi connectivity index (χ0) is 15.1. The Morgan fingerprint density at radius 2 is 2.10 bits per heavy atom. The summed E-state index contributed by atoms with van der Waals surface area (Å²) in [6.07, 6.45) is 5.69. The molecule has 1 aromatic carbocycles. The van der Waals surface area contributed by atoms with Crippen LogP contribution >= 0.6 is 23.2 Å². The number of halogens is 2. The number of aliphatic hydroxyl groups is 1. The fraction of sp³-hybridized carbons (Fsp3) is 0.438. The number of aryl methyl sites for hydroxylation is 1. The Hall–Kier alpha value is -1.03. The molecule has 0 spiro atoms. The van der Waals surface area contributed by atoms with Gasteiger partial charge in [0.15, 0.2) is 0 Å². The summed E-state index contributed by atoms with van der Waals surface area (Å²) in [6, 6.07) is 7.60. The highest BCUT2D eigenvalue weighted by atomic mass is 35.5. The van der Waals surface area contributed by atoms with Gasteiger partial charge in [-0.3, -0.25) is 0 Å². The van der Waals surface area contributed by atoms with E-state index in [9.17, 15) is 5.11 Å². The molecular weight excluding hydrogens is 307 g/mol. The van der Waals surface area contributed by atoms with E-state index in [1.54, 1.807) is 6.20 Å². The Labute approximate surface area is 134 Å². The Kier molecular flexibility index (Phi) is 3.76. The minimum absolute atomic E-state index is 0.424. The van der Waals surface area contributed by atoms with Crippen molar-refractivity contribution in [1.29, 1.82) is 0 Å². The maximum absolute atomic E-state index is 11.2. The molecule has 112 valence electrons. The van der Waals surface area contributed by atoms with Crippen molar-refractivity contribution >= 4 is 23.2 Å². The van der Waals surface area contributed by atoms with Crippen LogP contribution in [0.4, 0.5) is 0 Å². The third kappa shape index (κ3) is 2.83. The minimum Gasteiger partial charge on any atom is -0.386 e. The van der Waals surface area contributed by atoms with Crippen LogP contribution in [-0.2, 0) is 13.0 Å². The van der Waals surface area contributed by atoms with E-state index in [0.717, 1.165) is 24.2 Å². The lowest BCUT2D eigenvalue weighted by Gasteiger charge is -2.34. The summed E-state index contributed by atoms with van der Waals surface area (Å²) >= 11 is 12.8. The Morgan fingerprint density at radius 1 is 1.38 bits per heavy atom. The van der Waals surface area contributed by atoms with Crippen molar-refractivity contribution in [3.63, 3.8) is 0 Å². The first-order valence-electron chi connectivity index (χ1n) is 7.06. The van der Waals surface area contributed by atoms with E-state index in [-0.39, 0.29) is 0 Å². The third-order valence-corrected chi connectivity index (χ3v) is 5.42. The zero-order valence-electron chi connectivity index (χ0n) is 11.9. The van der Waals surface area contributed by atoms with Crippen molar-refractivity contribution in [2.45, 2.75) is 43.2 Å². The summed E-state index contributed by atoms with van der Waals surface area (Å²) in [5.41, 5.74) is -0.114. The smallest absolute Gasteiger partial charge is 0.106 e. The molecule has 1 unspecified atom stereocenters. The van der Waals surface area contributed by atoms with E-state index in [0.29, 0.717) is 18.0 Å². The van der Waals surface area contributed by atoms with Crippen LogP contribution in [0.5, 0.6) is 0 Å². The highest BCUT2D eigenvalue weighted by Crippen LogP contribution is 2.53. The van der Waals surface area contributed by atoms with Crippen LogP contribution in [0, 0.1) is 6.92 Å². The average Bonchev–Trinajstić information content (AvgIpc) is 3.09. The average molecular weight is 325 g/mol. The molecule has 1 fully saturated rings. The zero-order valence-corrected chi connectivity index (χ0v) is 13.4. The topological polar surface area (TPSA) is 38.0 Å². The molecule has 1 aliphatic carbocycles. The molecule has 2 aromatic rings. The van der Waals surface area contributed by atoms with E-state index in [1.165, 1.54) is 0 Å². The lowest BCUT2D eigenvalue weighted by molar-refractivity contribution is 0.0104. The van der Waals surface area contributed by atoms with Gasteiger partial charge in [-0.25, -0.2) is 4.98 Å². The number of imidazole rings is 1. The van der Waals surface area contributed by atoms with E-state index in [1.807, 2.05) is 42.0 Å². The van der Waals surface area contributed by atoms with Crippen molar-refractivity contribution in [2.24, 2.45) is 0 Å². The molecule has 3 rings (SSSR count). The van der Waals surface area contributed by atoms with Gasteiger partial charge in [-0.05, 0) is 31.4 Å². The molecule has 0 saturated heterocycles. The second kappa shape index (κ2) is 5.31. The molecule has 0 amide bonds. The SMILES string of the molecule is Cc1nccn1CC(O)(Cc1ccccc1Cl)C1(Cl)CC1. The Bertz CT molecular complexity index is 651. The number of rotatable bonds is 5. The highest BCUT2D eigenvalue weighted by Gasteiger charge is 2.57. The largest absolute Gasteiger partial charge is 0.386 e. The first-order valence-corrected chi connectivity index (χ1v) is 7.82. The molecule has 0 aliphatic heterocycles. The predicted octanol–water partition coefficient (Wildman–Crippen LogP) is 3.59. The third-order valence-electron chi connectivity index (χ3n) is 4.32. The van der Waals surface area contributed by atoms with E-state index < -0.39 is 10.5 Å². The van der Waals surface area contributed by atoms with Crippen LogP contribution in [0.2, 0.25) is 5.02 Å². The summed E-state index contributed by atoms with van der Waals surface area (Å²) in [7, 11) is 0. The highest BCUT2D eigenvalue weighted by molar-refractivity contribution is 6.31. The van der Waals surface area contributed by atoms with Gasteiger partial charge >= 0.3 is 0 Å². The van der Waals surface area contributed by atoms with Crippen molar-refractivity contribution in [2.75, 3.05) is 0 Å². The van der Waals surface area contributed by atoms with E-state index in [4.69, 9.17) is 23.2 Å². The van der Waals surface area contributed by atoms with Crippen molar-refractivity contribution in [1.82, 2.24) is 9.55 Å². The second-order valence-corrected chi connectivity index (χ2v) is 7.00. The van der Waals surface area contributed by atoms with E-state index in [2.05, 4.69) is 4.98 Å². The predicted molar refractivity (Wildman–Crippen MR) is 84.9 cm³/mol. The molecule has 3 nitrogen and oxygen atoms in total. The van der Waals surface area contributed by atoms with Crippen molar-refractivity contribution < 1.29 is 5.11 Å². The Morgan fingerprint density at radius 3 is 2.67 bits per heavy atom. The van der Waals surface area contributed by atoms with Gasteiger partial charge in [-0.1, -0.05) is 29.8 Å². The number of hydrogen-bond donors (Lipinski definition) is 1. The maximum atomic E-state index is 11.2. The number of hydrogen-bond acceptors (Lipinski definition) is 2. The Balaban J connectivity index is 1.91. The lowest BCUT2D eigenvalue weighted by atomic mass is 9.88. The van der Waals surface area contributed by atoms with E-state index >= 15 is 0 Å². The van der Waals surface area contributed by atoms with Gasteiger partial charge in [0.1, 0.15) is 11.4 Å². The van der Waals surface area contributed by atoms with Gasteiger partial charge in [0.05, 0.1) is 11.4 Å². The number of benzene rings is 1. The maximum Gasteiger partial charge on any atom is 0.106 e. The summed E-state index contributed by atoms with van der Waals surface area (Å²) in [5, 5.41) is 11.9. The number of alkyl halides is 1. The first-order chi connectivity index (χ1) is 9.94. The fourth-order valence-corrected chi connectivity index (χ4v) is 3.16. The van der Waals surface area contributed by atoms with Gasteiger partial charge in [0, 0.05) is 23.8 Å². The number of aromatic nitrogens is 2. The van der Waals surface area contributed by atoms with Crippen LogP contribution in [0.3, 0.4) is 0 Å². The van der Waals surface area contributed by atoms with Crippen LogP contribution < -0.4 is 0 Å². The minimum atomic E-state index is -1.04. The molecule has 1 aromatic heterocycles. The lowest BCUT2D eigenvalue weighted by Crippen LogP contribution is -2.47. The molecule has 5 heteroatoms. The quantitative estimate of drug-likeness (QED) is 0.853. The molecule has 1 heterocycles. The van der Waals surface area contributed by atoms with Crippen LogP contribution in [-0.4, -0.2) is 25.1 Å². The van der Waals surface area contributed by atoms with Gasteiger partial charge < -0.3 is 9.67 Å². The van der Waals surface area contributed by atoms with Crippen molar-refractivity contribution in [3.8, 4) is 0 Å². The van der Waals surface area contributed by atoms with Gasteiger partial charge in [0.25, 0.3) is 0 Å². The molecule has 0 bridgehead atoms. The molecule has 21 heavy (non-hydrogen) atoms. The summed E-state index contributed by atoms with van der Waals surface area (Å²) in [4.78, 5) is 3.64. The van der Waals surface area contributed by atoms with Gasteiger partial charge in [-0.2, -0.15) is 0 Å².